The Morgan fingerprint density at radius 1 is 0.947 bits per heavy atom. The fourth-order valence-corrected chi connectivity index (χ4v) is 3.16. The number of hydrogen-bond acceptors (Lipinski definition) is 0. The van der Waals surface area contributed by atoms with Crippen LogP contribution in [0.4, 0.5) is 0 Å². The Bertz CT molecular complexity index is 333. The van der Waals surface area contributed by atoms with E-state index in [1.54, 1.807) is 0 Å². The standard InChI is InChI=1S/C18H29Cl/c1-5-7-16(8-6-2)18(19)17-11-9-15(10-12-17)13-14(3)4/h9-12,14,16,18H,5-8,13H2,1-4H3. The zero-order valence-electron chi connectivity index (χ0n) is 13.0. The van der Waals surface area contributed by atoms with Gasteiger partial charge in [-0.2, -0.15) is 0 Å². The van der Waals surface area contributed by atoms with Crippen molar-refractivity contribution < 1.29 is 0 Å². The highest BCUT2D eigenvalue weighted by molar-refractivity contribution is 6.21. The van der Waals surface area contributed by atoms with Gasteiger partial charge < -0.3 is 0 Å². The van der Waals surface area contributed by atoms with Crippen LogP contribution >= 0.6 is 11.6 Å². The van der Waals surface area contributed by atoms with Crippen LogP contribution < -0.4 is 0 Å². The van der Waals surface area contributed by atoms with Crippen LogP contribution in [0, 0.1) is 11.8 Å². The van der Waals surface area contributed by atoms with E-state index in [1.165, 1.54) is 36.8 Å². The average molecular weight is 281 g/mol. The second kappa shape index (κ2) is 8.64. The summed E-state index contributed by atoms with van der Waals surface area (Å²) in [4.78, 5) is 0. The summed E-state index contributed by atoms with van der Waals surface area (Å²) in [7, 11) is 0. The van der Waals surface area contributed by atoms with Crippen molar-refractivity contribution in [3.8, 4) is 0 Å². The summed E-state index contributed by atoms with van der Waals surface area (Å²) in [5.41, 5.74) is 2.71. The Morgan fingerprint density at radius 2 is 1.47 bits per heavy atom. The summed E-state index contributed by atoms with van der Waals surface area (Å²) in [6.07, 6.45) is 6.06. The van der Waals surface area contributed by atoms with E-state index in [-0.39, 0.29) is 5.38 Å². The maximum atomic E-state index is 6.69. The minimum Gasteiger partial charge on any atom is -0.118 e. The van der Waals surface area contributed by atoms with Gasteiger partial charge in [0.1, 0.15) is 0 Å². The number of rotatable bonds is 8. The highest BCUT2D eigenvalue weighted by Gasteiger charge is 2.19. The molecule has 0 aromatic heterocycles. The van der Waals surface area contributed by atoms with Gasteiger partial charge in [0.2, 0.25) is 0 Å². The zero-order valence-corrected chi connectivity index (χ0v) is 13.7. The molecule has 0 saturated carbocycles. The summed E-state index contributed by atoms with van der Waals surface area (Å²) in [5, 5.41) is 0.174. The van der Waals surface area contributed by atoms with Crippen molar-refractivity contribution in [1.82, 2.24) is 0 Å². The topological polar surface area (TPSA) is 0 Å². The normalized spacial score (nSPS) is 13.2. The molecular formula is C18H29Cl. The molecule has 0 aliphatic carbocycles. The van der Waals surface area contributed by atoms with Gasteiger partial charge in [-0.1, -0.05) is 64.8 Å². The third-order valence-corrected chi connectivity index (χ3v) is 4.28. The quantitative estimate of drug-likeness (QED) is 0.485. The number of alkyl halides is 1. The van der Waals surface area contributed by atoms with Crippen molar-refractivity contribution in [3.05, 3.63) is 35.4 Å². The maximum absolute atomic E-state index is 6.69. The summed E-state index contributed by atoms with van der Waals surface area (Å²) in [6, 6.07) is 8.96. The third-order valence-electron chi connectivity index (χ3n) is 3.67. The van der Waals surface area contributed by atoms with Gasteiger partial charge in [0.15, 0.2) is 0 Å². The van der Waals surface area contributed by atoms with Crippen LogP contribution in [0.25, 0.3) is 0 Å². The predicted octanol–water partition coefficient (Wildman–Crippen LogP) is 6.38. The van der Waals surface area contributed by atoms with E-state index >= 15 is 0 Å². The molecule has 0 radical (unpaired) electrons. The molecule has 19 heavy (non-hydrogen) atoms. The largest absolute Gasteiger partial charge is 0.118 e. The van der Waals surface area contributed by atoms with Crippen molar-refractivity contribution in [2.45, 2.75) is 65.2 Å². The van der Waals surface area contributed by atoms with Crippen molar-refractivity contribution in [3.63, 3.8) is 0 Å². The molecule has 1 unspecified atom stereocenters. The van der Waals surface area contributed by atoms with E-state index < -0.39 is 0 Å². The van der Waals surface area contributed by atoms with Crippen molar-refractivity contribution in [2.75, 3.05) is 0 Å². The van der Waals surface area contributed by atoms with Gasteiger partial charge in [-0.3, -0.25) is 0 Å². The number of hydrogen-bond donors (Lipinski definition) is 0. The summed E-state index contributed by atoms with van der Waals surface area (Å²) < 4.78 is 0. The first-order valence-corrected chi connectivity index (χ1v) is 8.25. The molecule has 1 heteroatoms. The SMILES string of the molecule is CCCC(CCC)C(Cl)c1ccc(CC(C)C)cc1. The molecule has 0 saturated heterocycles. The molecule has 0 bridgehead atoms. The van der Waals surface area contributed by atoms with E-state index in [0.29, 0.717) is 11.8 Å². The lowest BCUT2D eigenvalue weighted by Gasteiger charge is -2.22. The van der Waals surface area contributed by atoms with Gasteiger partial charge >= 0.3 is 0 Å². The van der Waals surface area contributed by atoms with Crippen LogP contribution in [0.3, 0.4) is 0 Å². The first-order valence-electron chi connectivity index (χ1n) is 7.81. The first-order chi connectivity index (χ1) is 9.08. The fraction of sp³-hybridized carbons (Fsp3) is 0.667. The molecule has 0 spiro atoms. The molecule has 0 heterocycles. The minimum atomic E-state index is 0.174. The second-order valence-electron chi connectivity index (χ2n) is 6.08. The maximum Gasteiger partial charge on any atom is 0.0613 e. The molecule has 0 fully saturated rings. The van der Waals surface area contributed by atoms with Gasteiger partial charge in [-0.05, 0) is 42.2 Å². The molecule has 108 valence electrons. The summed E-state index contributed by atoms with van der Waals surface area (Å²) >= 11 is 6.69. The molecule has 1 rings (SSSR count). The molecule has 1 aromatic rings. The Balaban J connectivity index is 2.72. The monoisotopic (exact) mass is 280 g/mol. The van der Waals surface area contributed by atoms with Gasteiger partial charge in [0, 0.05) is 0 Å². The molecule has 0 N–H and O–H groups in total. The molecular weight excluding hydrogens is 252 g/mol. The van der Waals surface area contributed by atoms with Crippen LogP contribution in [0.15, 0.2) is 24.3 Å². The minimum absolute atomic E-state index is 0.174. The second-order valence-corrected chi connectivity index (χ2v) is 6.55. The van der Waals surface area contributed by atoms with Crippen molar-refractivity contribution in [2.24, 2.45) is 11.8 Å². The van der Waals surface area contributed by atoms with Crippen LogP contribution in [0.2, 0.25) is 0 Å². The molecule has 0 aliphatic heterocycles. The van der Waals surface area contributed by atoms with E-state index in [1.807, 2.05) is 0 Å². The number of benzene rings is 1. The smallest absolute Gasteiger partial charge is 0.0613 e. The Hall–Kier alpha value is -0.490. The van der Waals surface area contributed by atoms with Crippen LogP contribution in [0.1, 0.15) is 69.9 Å². The highest BCUT2D eigenvalue weighted by atomic mass is 35.5. The Morgan fingerprint density at radius 3 is 1.89 bits per heavy atom. The lowest BCUT2D eigenvalue weighted by Crippen LogP contribution is -2.08. The average Bonchev–Trinajstić information content (AvgIpc) is 2.38. The Labute approximate surface area is 124 Å². The Kier molecular flexibility index (Phi) is 7.53. The lowest BCUT2D eigenvalue weighted by molar-refractivity contribution is 0.426. The number of halogens is 1. The molecule has 1 atom stereocenters. The zero-order chi connectivity index (χ0) is 14.3. The molecule has 0 amide bonds. The van der Waals surface area contributed by atoms with E-state index in [9.17, 15) is 0 Å². The lowest BCUT2D eigenvalue weighted by atomic mass is 9.90. The van der Waals surface area contributed by atoms with E-state index in [2.05, 4.69) is 52.0 Å². The van der Waals surface area contributed by atoms with E-state index in [4.69, 9.17) is 11.6 Å². The van der Waals surface area contributed by atoms with Crippen LogP contribution in [-0.4, -0.2) is 0 Å². The van der Waals surface area contributed by atoms with E-state index in [0.717, 1.165) is 6.42 Å². The fourth-order valence-electron chi connectivity index (χ4n) is 2.76. The first kappa shape index (κ1) is 16.6. The molecule has 0 nitrogen and oxygen atoms in total. The molecule has 1 aromatic carbocycles. The third kappa shape index (κ3) is 5.57. The van der Waals surface area contributed by atoms with Crippen LogP contribution in [0.5, 0.6) is 0 Å². The van der Waals surface area contributed by atoms with Gasteiger partial charge in [-0.25, -0.2) is 0 Å². The van der Waals surface area contributed by atoms with Crippen molar-refractivity contribution >= 4 is 11.6 Å². The predicted molar refractivity (Wildman–Crippen MR) is 86.9 cm³/mol. The van der Waals surface area contributed by atoms with Gasteiger partial charge in [0.05, 0.1) is 5.38 Å². The van der Waals surface area contributed by atoms with Crippen LogP contribution in [-0.2, 0) is 6.42 Å². The summed E-state index contributed by atoms with van der Waals surface area (Å²) in [5.74, 6) is 1.33. The summed E-state index contributed by atoms with van der Waals surface area (Å²) in [6.45, 7) is 9.02. The van der Waals surface area contributed by atoms with Crippen molar-refractivity contribution in [1.29, 1.82) is 0 Å². The molecule has 0 aliphatic rings. The van der Waals surface area contributed by atoms with Gasteiger partial charge in [0.25, 0.3) is 0 Å². The highest BCUT2D eigenvalue weighted by Crippen LogP contribution is 2.35. The van der Waals surface area contributed by atoms with Gasteiger partial charge in [-0.15, -0.1) is 11.6 Å².